The Balaban J connectivity index is 0.00000144. The summed E-state index contributed by atoms with van der Waals surface area (Å²) >= 11 is 0. The van der Waals surface area contributed by atoms with Gasteiger partial charge in [-0.25, -0.2) is 0 Å². The van der Waals surface area contributed by atoms with Crippen LogP contribution in [0.3, 0.4) is 0 Å². The fourth-order valence-corrected chi connectivity index (χ4v) is 2.04. The van der Waals surface area contributed by atoms with Gasteiger partial charge in [0.15, 0.2) is 0 Å². The summed E-state index contributed by atoms with van der Waals surface area (Å²) < 4.78 is 0. The Morgan fingerprint density at radius 2 is 2.35 bits per heavy atom. The summed E-state index contributed by atoms with van der Waals surface area (Å²) in [6.07, 6.45) is 2.06. The highest BCUT2D eigenvalue weighted by atomic mass is 35.5. The van der Waals surface area contributed by atoms with Gasteiger partial charge < -0.3 is 10.6 Å². The second-order valence-electron chi connectivity index (χ2n) is 4.36. The second-order valence-corrected chi connectivity index (χ2v) is 4.36. The fourth-order valence-electron chi connectivity index (χ4n) is 2.04. The number of rotatable bonds is 3. The molecule has 4 heteroatoms. The quantitative estimate of drug-likeness (QED) is 0.864. The van der Waals surface area contributed by atoms with E-state index in [1.165, 1.54) is 5.56 Å². The van der Waals surface area contributed by atoms with E-state index in [0.717, 1.165) is 24.9 Å². The lowest BCUT2D eigenvalue weighted by molar-refractivity contribution is -0.122. The molecule has 0 aliphatic carbocycles. The summed E-state index contributed by atoms with van der Waals surface area (Å²) in [4.78, 5) is 11.7. The van der Waals surface area contributed by atoms with Crippen molar-refractivity contribution in [3.63, 3.8) is 0 Å². The Kier molecular flexibility index (Phi) is 5.45. The maximum absolute atomic E-state index is 11.7. The standard InChI is InChI=1S/C13H18N2O.ClH/c1-10-4-2-5-11(8-10)9-15-13(16)12-6-3-7-14-12;/h2,4-5,8,12,14H,3,6-7,9H2,1H3,(H,15,16);1H/t12-;/m0./s1. The summed E-state index contributed by atoms with van der Waals surface area (Å²) in [5.41, 5.74) is 2.39. The summed E-state index contributed by atoms with van der Waals surface area (Å²) in [5, 5.41) is 6.16. The van der Waals surface area contributed by atoms with Crippen LogP contribution in [0.25, 0.3) is 0 Å². The molecule has 2 rings (SSSR count). The Labute approximate surface area is 108 Å². The average Bonchev–Trinajstić information content (AvgIpc) is 2.79. The van der Waals surface area contributed by atoms with Gasteiger partial charge in [-0.2, -0.15) is 0 Å². The average molecular weight is 255 g/mol. The number of hydrogen-bond acceptors (Lipinski definition) is 2. The zero-order valence-electron chi connectivity index (χ0n) is 10.0. The number of aryl methyl sites for hydroxylation is 1. The van der Waals surface area contributed by atoms with Gasteiger partial charge in [-0.3, -0.25) is 4.79 Å². The molecular formula is C13H19ClN2O. The number of halogens is 1. The SMILES string of the molecule is Cc1cccc(CNC(=O)[C@@H]2CCCN2)c1.Cl. The molecule has 1 aromatic carbocycles. The van der Waals surface area contributed by atoms with Crippen LogP contribution in [0.15, 0.2) is 24.3 Å². The molecule has 94 valence electrons. The van der Waals surface area contributed by atoms with Crippen molar-refractivity contribution in [1.82, 2.24) is 10.6 Å². The van der Waals surface area contributed by atoms with Crippen LogP contribution in [-0.2, 0) is 11.3 Å². The van der Waals surface area contributed by atoms with E-state index in [0.29, 0.717) is 6.54 Å². The number of carbonyl (C=O) groups excluding carboxylic acids is 1. The topological polar surface area (TPSA) is 41.1 Å². The predicted molar refractivity (Wildman–Crippen MR) is 71.3 cm³/mol. The van der Waals surface area contributed by atoms with E-state index in [-0.39, 0.29) is 24.4 Å². The van der Waals surface area contributed by atoms with Crippen molar-refractivity contribution in [2.45, 2.75) is 32.4 Å². The summed E-state index contributed by atoms with van der Waals surface area (Å²) in [5.74, 6) is 0.124. The Morgan fingerprint density at radius 3 is 3.00 bits per heavy atom. The van der Waals surface area contributed by atoms with Crippen molar-refractivity contribution in [2.75, 3.05) is 6.54 Å². The lowest BCUT2D eigenvalue weighted by Gasteiger charge is -2.11. The van der Waals surface area contributed by atoms with Gasteiger partial charge in [0, 0.05) is 6.54 Å². The molecule has 1 aromatic rings. The predicted octanol–water partition coefficient (Wildman–Crippen LogP) is 1.79. The third-order valence-electron chi connectivity index (χ3n) is 2.93. The van der Waals surface area contributed by atoms with Crippen molar-refractivity contribution in [3.8, 4) is 0 Å². The Hall–Kier alpha value is -1.06. The molecular weight excluding hydrogens is 236 g/mol. The monoisotopic (exact) mass is 254 g/mol. The lowest BCUT2D eigenvalue weighted by atomic mass is 10.1. The maximum Gasteiger partial charge on any atom is 0.237 e. The van der Waals surface area contributed by atoms with Crippen molar-refractivity contribution in [3.05, 3.63) is 35.4 Å². The van der Waals surface area contributed by atoms with Crippen LogP contribution in [0.2, 0.25) is 0 Å². The minimum atomic E-state index is 0. The van der Waals surface area contributed by atoms with E-state index in [4.69, 9.17) is 0 Å². The molecule has 3 nitrogen and oxygen atoms in total. The van der Waals surface area contributed by atoms with Crippen LogP contribution in [-0.4, -0.2) is 18.5 Å². The number of carbonyl (C=O) groups is 1. The highest BCUT2D eigenvalue weighted by Crippen LogP contribution is 2.06. The minimum absolute atomic E-state index is 0. The molecule has 0 bridgehead atoms. The van der Waals surface area contributed by atoms with Crippen LogP contribution in [0.1, 0.15) is 24.0 Å². The first kappa shape index (κ1) is 14.0. The molecule has 2 N–H and O–H groups in total. The molecule has 0 radical (unpaired) electrons. The molecule has 1 fully saturated rings. The molecule has 17 heavy (non-hydrogen) atoms. The first-order valence-corrected chi connectivity index (χ1v) is 5.82. The summed E-state index contributed by atoms with van der Waals surface area (Å²) in [6, 6.07) is 8.23. The highest BCUT2D eigenvalue weighted by molar-refractivity contribution is 5.85. The molecule has 1 amide bonds. The Bertz CT molecular complexity index is 375. The fraction of sp³-hybridized carbons (Fsp3) is 0.462. The zero-order chi connectivity index (χ0) is 11.4. The van der Waals surface area contributed by atoms with Gasteiger partial charge >= 0.3 is 0 Å². The normalized spacial score (nSPS) is 18.5. The Morgan fingerprint density at radius 1 is 1.53 bits per heavy atom. The van der Waals surface area contributed by atoms with Gasteiger partial charge in [0.1, 0.15) is 0 Å². The van der Waals surface area contributed by atoms with E-state index in [2.05, 4.69) is 29.7 Å². The molecule has 1 aliphatic rings. The van der Waals surface area contributed by atoms with E-state index < -0.39 is 0 Å². The van der Waals surface area contributed by atoms with Gasteiger partial charge in [-0.15, -0.1) is 12.4 Å². The number of hydrogen-bond donors (Lipinski definition) is 2. The smallest absolute Gasteiger partial charge is 0.237 e. The van der Waals surface area contributed by atoms with Crippen LogP contribution >= 0.6 is 12.4 Å². The molecule has 0 unspecified atom stereocenters. The molecule has 0 aromatic heterocycles. The van der Waals surface area contributed by atoms with Gasteiger partial charge in [0.05, 0.1) is 6.04 Å². The molecule has 0 spiro atoms. The van der Waals surface area contributed by atoms with Crippen molar-refractivity contribution in [2.24, 2.45) is 0 Å². The summed E-state index contributed by atoms with van der Waals surface area (Å²) in [7, 11) is 0. The number of benzene rings is 1. The molecule has 1 heterocycles. The lowest BCUT2D eigenvalue weighted by Crippen LogP contribution is -2.39. The second kappa shape index (κ2) is 6.62. The van der Waals surface area contributed by atoms with Crippen molar-refractivity contribution < 1.29 is 4.79 Å². The van der Waals surface area contributed by atoms with Crippen LogP contribution in [0, 0.1) is 6.92 Å². The first-order valence-electron chi connectivity index (χ1n) is 5.82. The van der Waals surface area contributed by atoms with Crippen LogP contribution < -0.4 is 10.6 Å². The largest absolute Gasteiger partial charge is 0.351 e. The van der Waals surface area contributed by atoms with Crippen molar-refractivity contribution in [1.29, 1.82) is 0 Å². The van der Waals surface area contributed by atoms with Crippen molar-refractivity contribution >= 4 is 18.3 Å². The van der Waals surface area contributed by atoms with Gasteiger partial charge in [-0.1, -0.05) is 29.8 Å². The van der Waals surface area contributed by atoms with E-state index >= 15 is 0 Å². The van der Waals surface area contributed by atoms with Gasteiger partial charge in [-0.05, 0) is 31.9 Å². The highest BCUT2D eigenvalue weighted by Gasteiger charge is 2.21. The molecule has 1 atom stereocenters. The molecule has 0 saturated carbocycles. The van der Waals surface area contributed by atoms with Crippen LogP contribution in [0.4, 0.5) is 0 Å². The van der Waals surface area contributed by atoms with E-state index in [1.54, 1.807) is 0 Å². The van der Waals surface area contributed by atoms with Crippen LogP contribution in [0.5, 0.6) is 0 Å². The maximum atomic E-state index is 11.7. The molecule has 1 aliphatic heterocycles. The third-order valence-corrected chi connectivity index (χ3v) is 2.93. The number of nitrogens with one attached hydrogen (secondary N) is 2. The molecule has 1 saturated heterocycles. The zero-order valence-corrected chi connectivity index (χ0v) is 10.8. The summed E-state index contributed by atoms with van der Waals surface area (Å²) in [6.45, 7) is 3.64. The third kappa shape index (κ3) is 4.02. The van der Waals surface area contributed by atoms with Gasteiger partial charge in [0.2, 0.25) is 5.91 Å². The minimum Gasteiger partial charge on any atom is -0.351 e. The van der Waals surface area contributed by atoms with Gasteiger partial charge in [0.25, 0.3) is 0 Å². The number of amides is 1. The van der Waals surface area contributed by atoms with E-state index in [9.17, 15) is 4.79 Å². The van der Waals surface area contributed by atoms with E-state index in [1.807, 2.05) is 12.1 Å². The first-order chi connectivity index (χ1) is 7.75.